The molecule has 0 spiro atoms. The van der Waals surface area contributed by atoms with Crippen LogP contribution < -0.4 is 5.56 Å². The lowest BCUT2D eigenvalue weighted by molar-refractivity contribution is 0.432. The maximum atomic E-state index is 13.7. The number of rotatable bonds is 2. The van der Waals surface area contributed by atoms with Gasteiger partial charge in [0.25, 0.3) is 5.56 Å². The largest absolute Gasteiger partial charge is 0.504 e. The van der Waals surface area contributed by atoms with Crippen LogP contribution in [0, 0.1) is 20.7 Å². The summed E-state index contributed by atoms with van der Waals surface area (Å²) in [4.78, 5) is 18.3. The maximum absolute atomic E-state index is 13.7. The summed E-state index contributed by atoms with van der Waals surface area (Å²) < 4.78 is 14.0. The van der Waals surface area contributed by atoms with E-state index in [0.717, 1.165) is 0 Å². The minimum atomic E-state index is -0.806. The molecule has 0 aliphatic heterocycles. The first kappa shape index (κ1) is 14.8. The lowest BCUT2D eigenvalue weighted by Crippen LogP contribution is -2.14. The number of nitrogens with one attached hydrogen (secondary N) is 1. The number of benzene rings is 1. The van der Waals surface area contributed by atoms with Crippen LogP contribution in [0.15, 0.2) is 22.1 Å². The highest BCUT2D eigenvalue weighted by atomic mass is 127. The predicted octanol–water partition coefficient (Wildman–Crippen LogP) is 2.48. The standard InChI is InChI=1S/C12H7FIN3O2S/c1-20-12-16-9(6(4-15)11(19)17-12)5-2-3-7(14)8(13)10(5)18/h2-3,18H,1H3,(H,16,17,19). The van der Waals surface area contributed by atoms with E-state index in [4.69, 9.17) is 5.26 Å². The van der Waals surface area contributed by atoms with Crippen molar-refractivity contribution < 1.29 is 9.50 Å². The van der Waals surface area contributed by atoms with Crippen molar-refractivity contribution >= 4 is 34.4 Å². The molecule has 0 radical (unpaired) electrons. The summed E-state index contributed by atoms with van der Waals surface area (Å²) in [6.45, 7) is 0. The Morgan fingerprint density at radius 1 is 1.55 bits per heavy atom. The Morgan fingerprint density at radius 3 is 2.85 bits per heavy atom. The highest BCUT2D eigenvalue weighted by molar-refractivity contribution is 14.1. The van der Waals surface area contributed by atoms with Crippen molar-refractivity contribution in [1.82, 2.24) is 9.97 Å². The van der Waals surface area contributed by atoms with Gasteiger partial charge in [0.15, 0.2) is 16.7 Å². The molecular formula is C12H7FIN3O2S. The maximum Gasteiger partial charge on any atom is 0.270 e. The van der Waals surface area contributed by atoms with E-state index in [1.807, 2.05) is 0 Å². The van der Waals surface area contributed by atoms with E-state index in [0.29, 0.717) is 0 Å². The molecule has 0 saturated heterocycles. The third kappa shape index (κ3) is 2.51. The Labute approximate surface area is 131 Å². The number of aromatic hydroxyl groups is 1. The average Bonchev–Trinajstić information content (AvgIpc) is 2.44. The van der Waals surface area contributed by atoms with Gasteiger partial charge in [0.2, 0.25) is 0 Å². The second-order valence-electron chi connectivity index (χ2n) is 3.67. The lowest BCUT2D eigenvalue weighted by atomic mass is 10.1. The Kier molecular flexibility index (Phi) is 4.29. The van der Waals surface area contributed by atoms with E-state index >= 15 is 0 Å². The zero-order chi connectivity index (χ0) is 14.9. The molecule has 0 saturated carbocycles. The van der Waals surface area contributed by atoms with Crippen molar-refractivity contribution in [1.29, 1.82) is 5.26 Å². The van der Waals surface area contributed by atoms with Crippen molar-refractivity contribution in [2.45, 2.75) is 5.16 Å². The van der Waals surface area contributed by atoms with Crippen LogP contribution in [-0.4, -0.2) is 21.3 Å². The van der Waals surface area contributed by atoms with E-state index in [1.165, 1.54) is 23.9 Å². The second-order valence-corrected chi connectivity index (χ2v) is 5.63. The molecule has 2 N–H and O–H groups in total. The number of phenols is 1. The van der Waals surface area contributed by atoms with Gasteiger partial charge in [0, 0.05) is 5.56 Å². The van der Waals surface area contributed by atoms with Gasteiger partial charge in [-0.05, 0) is 41.0 Å². The minimum Gasteiger partial charge on any atom is -0.504 e. The Bertz CT molecular complexity index is 785. The fraction of sp³-hybridized carbons (Fsp3) is 0.0833. The molecule has 102 valence electrons. The molecule has 1 aromatic carbocycles. The molecule has 0 aliphatic rings. The summed E-state index contributed by atoms with van der Waals surface area (Å²) in [6.07, 6.45) is 1.70. The topological polar surface area (TPSA) is 89.8 Å². The second kappa shape index (κ2) is 5.80. The normalized spacial score (nSPS) is 10.3. The first-order valence-electron chi connectivity index (χ1n) is 5.25. The van der Waals surface area contributed by atoms with Crippen LogP contribution in [0.2, 0.25) is 0 Å². The molecule has 0 amide bonds. The van der Waals surface area contributed by atoms with E-state index in [1.54, 1.807) is 34.9 Å². The smallest absolute Gasteiger partial charge is 0.270 e. The fourth-order valence-electron chi connectivity index (χ4n) is 1.58. The van der Waals surface area contributed by atoms with Crippen LogP contribution in [0.25, 0.3) is 11.3 Å². The minimum absolute atomic E-state index is 0.0147. The van der Waals surface area contributed by atoms with Gasteiger partial charge < -0.3 is 10.1 Å². The highest BCUT2D eigenvalue weighted by Crippen LogP contribution is 2.33. The highest BCUT2D eigenvalue weighted by Gasteiger charge is 2.19. The number of aromatic nitrogens is 2. The van der Waals surface area contributed by atoms with Crippen molar-refractivity contribution in [3.8, 4) is 23.1 Å². The first-order valence-corrected chi connectivity index (χ1v) is 7.55. The SMILES string of the molecule is CSc1nc(-c2ccc(I)c(F)c2O)c(C#N)c(=O)[nH]1. The molecule has 0 atom stereocenters. The number of hydrogen-bond donors (Lipinski definition) is 2. The molecular weight excluding hydrogens is 396 g/mol. The number of phenolic OH excluding ortho intramolecular Hbond substituents is 1. The molecule has 0 bridgehead atoms. The van der Waals surface area contributed by atoms with Crippen LogP contribution in [0.3, 0.4) is 0 Å². The number of halogens is 2. The van der Waals surface area contributed by atoms with Crippen molar-refractivity contribution in [3.63, 3.8) is 0 Å². The van der Waals surface area contributed by atoms with E-state index in [-0.39, 0.29) is 25.5 Å². The number of thioether (sulfide) groups is 1. The van der Waals surface area contributed by atoms with Gasteiger partial charge in [-0.3, -0.25) is 4.79 Å². The van der Waals surface area contributed by atoms with Crippen LogP contribution >= 0.6 is 34.4 Å². The number of hydrogen-bond acceptors (Lipinski definition) is 5. The summed E-state index contributed by atoms with van der Waals surface area (Å²) in [5, 5.41) is 19.2. The van der Waals surface area contributed by atoms with Gasteiger partial charge in [-0.25, -0.2) is 9.37 Å². The van der Waals surface area contributed by atoms with Crippen LogP contribution in [0.1, 0.15) is 5.56 Å². The van der Waals surface area contributed by atoms with Gasteiger partial charge in [0.1, 0.15) is 17.3 Å². The molecule has 1 heterocycles. The summed E-state index contributed by atoms with van der Waals surface area (Å²) in [6, 6.07) is 4.59. The molecule has 8 heteroatoms. The average molecular weight is 403 g/mol. The van der Waals surface area contributed by atoms with Crippen LogP contribution in [-0.2, 0) is 0 Å². The Balaban J connectivity index is 2.82. The molecule has 20 heavy (non-hydrogen) atoms. The van der Waals surface area contributed by atoms with Crippen molar-refractivity contribution in [3.05, 3.63) is 37.4 Å². The van der Waals surface area contributed by atoms with Gasteiger partial charge in [-0.2, -0.15) is 5.26 Å². The molecule has 0 aliphatic carbocycles. The van der Waals surface area contributed by atoms with Gasteiger partial charge in [-0.15, -0.1) is 0 Å². The lowest BCUT2D eigenvalue weighted by Gasteiger charge is -2.08. The van der Waals surface area contributed by atoms with Crippen LogP contribution in [0.4, 0.5) is 4.39 Å². The van der Waals surface area contributed by atoms with Crippen molar-refractivity contribution in [2.24, 2.45) is 0 Å². The summed E-state index contributed by atoms with van der Waals surface area (Å²) in [5.74, 6) is -1.43. The molecule has 2 aromatic rings. The van der Waals surface area contributed by atoms with Gasteiger partial charge >= 0.3 is 0 Å². The van der Waals surface area contributed by atoms with Crippen LogP contribution in [0.5, 0.6) is 5.75 Å². The number of aromatic amines is 1. The number of H-pyrrole nitrogens is 1. The van der Waals surface area contributed by atoms with Crippen molar-refractivity contribution in [2.75, 3.05) is 6.26 Å². The molecule has 2 rings (SSSR count). The fourth-order valence-corrected chi connectivity index (χ4v) is 2.39. The predicted molar refractivity (Wildman–Crippen MR) is 81.1 cm³/mol. The number of nitrogens with zero attached hydrogens (tertiary/aromatic N) is 2. The first-order chi connectivity index (χ1) is 9.49. The molecule has 0 fully saturated rings. The van der Waals surface area contributed by atoms with Gasteiger partial charge in [0.05, 0.1) is 3.57 Å². The zero-order valence-electron chi connectivity index (χ0n) is 10.1. The number of nitriles is 1. The third-order valence-corrected chi connectivity index (χ3v) is 3.94. The zero-order valence-corrected chi connectivity index (χ0v) is 13.0. The molecule has 1 aromatic heterocycles. The van der Waals surface area contributed by atoms with E-state index in [2.05, 4.69) is 9.97 Å². The molecule has 0 unspecified atom stereocenters. The summed E-state index contributed by atoms with van der Waals surface area (Å²) in [7, 11) is 0. The summed E-state index contributed by atoms with van der Waals surface area (Å²) >= 11 is 2.90. The summed E-state index contributed by atoms with van der Waals surface area (Å²) in [5.41, 5.74) is -0.909. The van der Waals surface area contributed by atoms with Gasteiger partial charge in [-0.1, -0.05) is 11.8 Å². The van der Waals surface area contributed by atoms with E-state index < -0.39 is 17.1 Å². The Morgan fingerprint density at radius 2 is 2.25 bits per heavy atom. The monoisotopic (exact) mass is 403 g/mol. The molecule has 5 nitrogen and oxygen atoms in total. The Hall–Kier alpha value is -1.60. The third-order valence-electron chi connectivity index (χ3n) is 2.53. The van der Waals surface area contributed by atoms with E-state index in [9.17, 15) is 14.3 Å². The quantitative estimate of drug-likeness (QED) is 0.457.